The molecule has 5 nitrogen and oxygen atoms in total. The van der Waals surface area contributed by atoms with Crippen LogP contribution in [0, 0.1) is 0 Å². The lowest BCUT2D eigenvalue weighted by Crippen LogP contribution is -2.34. The Labute approximate surface area is 176 Å². The van der Waals surface area contributed by atoms with Crippen LogP contribution in [0.4, 0.5) is 16.2 Å². The van der Waals surface area contributed by atoms with Gasteiger partial charge in [-0.05, 0) is 47.7 Å². The highest BCUT2D eigenvalue weighted by molar-refractivity contribution is 5.97. The van der Waals surface area contributed by atoms with Crippen molar-refractivity contribution in [3.63, 3.8) is 0 Å². The van der Waals surface area contributed by atoms with Crippen LogP contribution in [0.5, 0.6) is 0 Å². The maximum atomic E-state index is 12.5. The molecule has 0 atom stereocenters. The third kappa shape index (κ3) is 4.87. The van der Waals surface area contributed by atoms with Gasteiger partial charge in [-0.2, -0.15) is 0 Å². The molecule has 0 aliphatic carbocycles. The minimum absolute atomic E-state index is 0.130. The molecule has 0 bridgehead atoms. The van der Waals surface area contributed by atoms with Crippen LogP contribution in [0.3, 0.4) is 0 Å². The molecular formula is C25H25N3O2. The molecular weight excluding hydrogens is 374 g/mol. The summed E-state index contributed by atoms with van der Waals surface area (Å²) in [7, 11) is 0. The first-order chi connectivity index (χ1) is 14.7. The number of anilines is 2. The fourth-order valence-electron chi connectivity index (χ4n) is 3.72. The summed E-state index contributed by atoms with van der Waals surface area (Å²) >= 11 is 0. The van der Waals surface area contributed by atoms with Crippen molar-refractivity contribution in [1.29, 1.82) is 0 Å². The third-order valence-electron chi connectivity index (χ3n) is 5.26. The van der Waals surface area contributed by atoms with E-state index in [-0.39, 0.29) is 11.9 Å². The number of amides is 3. The molecule has 5 heteroatoms. The van der Waals surface area contributed by atoms with Crippen molar-refractivity contribution in [3.8, 4) is 0 Å². The quantitative estimate of drug-likeness (QED) is 0.640. The van der Waals surface area contributed by atoms with Gasteiger partial charge < -0.3 is 15.5 Å². The Kier molecular flexibility index (Phi) is 6.09. The molecule has 152 valence electrons. The number of carbonyl (C=O) groups is 2. The molecule has 4 rings (SSSR count). The van der Waals surface area contributed by atoms with E-state index in [0.29, 0.717) is 25.9 Å². The Morgan fingerprint density at radius 3 is 2.30 bits per heavy atom. The summed E-state index contributed by atoms with van der Waals surface area (Å²) in [5.41, 5.74) is 5.02. The van der Waals surface area contributed by atoms with E-state index in [1.807, 2.05) is 83.8 Å². The molecule has 0 aromatic heterocycles. The standard InChI is InChI=1S/C25H25N3O2/c29-24-14-11-21-17-22(27-25(30)26-16-15-19-7-3-1-4-8-19)12-13-23(21)28(24)18-20-9-5-2-6-10-20/h1-10,12-13,17H,11,14-16,18H2,(H2,26,27,30). The molecule has 1 aliphatic heterocycles. The third-order valence-corrected chi connectivity index (χ3v) is 5.26. The van der Waals surface area contributed by atoms with Crippen LogP contribution in [0.2, 0.25) is 0 Å². The Morgan fingerprint density at radius 2 is 1.57 bits per heavy atom. The van der Waals surface area contributed by atoms with E-state index < -0.39 is 0 Å². The molecule has 1 aliphatic rings. The molecule has 2 N–H and O–H groups in total. The van der Waals surface area contributed by atoms with Crippen LogP contribution >= 0.6 is 0 Å². The smallest absolute Gasteiger partial charge is 0.319 e. The van der Waals surface area contributed by atoms with Gasteiger partial charge in [-0.15, -0.1) is 0 Å². The van der Waals surface area contributed by atoms with Gasteiger partial charge in [-0.3, -0.25) is 4.79 Å². The maximum absolute atomic E-state index is 12.5. The number of nitrogens with zero attached hydrogens (tertiary/aromatic N) is 1. The van der Waals surface area contributed by atoms with E-state index in [0.717, 1.165) is 28.9 Å². The van der Waals surface area contributed by atoms with E-state index in [4.69, 9.17) is 0 Å². The van der Waals surface area contributed by atoms with E-state index >= 15 is 0 Å². The molecule has 3 aromatic rings. The van der Waals surface area contributed by atoms with Gasteiger partial charge in [-0.25, -0.2) is 4.79 Å². The number of urea groups is 1. The van der Waals surface area contributed by atoms with Gasteiger partial charge in [0, 0.05) is 24.3 Å². The minimum Gasteiger partial charge on any atom is -0.338 e. The predicted octanol–water partition coefficient (Wildman–Crippen LogP) is 4.53. The van der Waals surface area contributed by atoms with Crippen LogP contribution in [-0.4, -0.2) is 18.5 Å². The van der Waals surface area contributed by atoms with Crippen molar-refractivity contribution in [1.82, 2.24) is 5.32 Å². The topological polar surface area (TPSA) is 61.4 Å². The highest BCUT2D eigenvalue weighted by Crippen LogP contribution is 2.31. The second-order valence-corrected chi connectivity index (χ2v) is 7.43. The summed E-state index contributed by atoms with van der Waals surface area (Å²) < 4.78 is 0. The number of carbonyl (C=O) groups excluding carboxylic acids is 2. The van der Waals surface area contributed by atoms with E-state index in [2.05, 4.69) is 10.6 Å². The lowest BCUT2D eigenvalue weighted by atomic mass is 9.99. The maximum Gasteiger partial charge on any atom is 0.319 e. The van der Waals surface area contributed by atoms with Crippen molar-refractivity contribution in [2.45, 2.75) is 25.8 Å². The Bertz CT molecular complexity index is 1020. The lowest BCUT2D eigenvalue weighted by Gasteiger charge is -2.30. The van der Waals surface area contributed by atoms with Gasteiger partial charge in [0.05, 0.1) is 6.54 Å². The molecule has 0 saturated carbocycles. The fraction of sp³-hybridized carbons (Fsp3) is 0.200. The number of hydrogen-bond donors (Lipinski definition) is 2. The SMILES string of the molecule is O=C(NCCc1ccccc1)Nc1ccc2c(c1)CCC(=O)N2Cc1ccccc1. The van der Waals surface area contributed by atoms with E-state index in [1.165, 1.54) is 5.56 Å². The Morgan fingerprint density at radius 1 is 0.867 bits per heavy atom. The van der Waals surface area contributed by atoms with Crippen LogP contribution in [0.15, 0.2) is 78.9 Å². The summed E-state index contributed by atoms with van der Waals surface area (Å²) in [5.74, 6) is 0.130. The monoisotopic (exact) mass is 399 g/mol. The zero-order chi connectivity index (χ0) is 20.8. The number of benzene rings is 3. The van der Waals surface area contributed by atoms with E-state index in [1.54, 1.807) is 0 Å². The minimum atomic E-state index is -0.223. The highest BCUT2D eigenvalue weighted by Gasteiger charge is 2.24. The summed E-state index contributed by atoms with van der Waals surface area (Å²) in [5, 5.41) is 5.79. The lowest BCUT2D eigenvalue weighted by molar-refractivity contribution is -0.119. The molecule has 0 saturated heterocycles. The Balaban J connectivity index is 1.38. The average Bonchev–Trinajstić information content (AvgIpc) is 2.77. The van der Waals surface area contributed by atoms with Gasteiger partial charge in [0.15, 0.2) is 0 Å². The molecule has 1 heterocycles. The first kappa shape index (κ1) is 19.7. The van der Waals surface area contributed by atoms with Gasteiger partial charge in [0.2, 0.25) is 5.91 Å². The van der Waals surface area contributed by atoms with Crippen LogP contribution in [0.1, 0.15) is 23.1 Å². The van der Waals surface area contributed by atoms with Gasteiger partial charge in [-0.1, -0.05) is 60.7 Å². The van der Waals surface area contributed by atoms with Gasteiger partial charge >= 0.3 is 6.03 Å². The molecule has 30 heavy (non-hydrogen) atoms. The van der Waals surface area contributed by atoms with Crippen molar-refractivity contribution in [2.24, 2.45) is 0 Å². The van der Waals surface area contributed by atoms with Crippen molar-refractivity contribution in [3.05, 3.63) is 95.6 Å². The molecule has 0 radical (unpaired) electrons. The number of nitrogens with one attached hydrogen (secondary N) is 2. The van der Waals surface area contributed by atoms with Crippen LogP contribution in [-0.2, 0) is 24.2 Å². The van der Waals surface area contributed by atoms with E-state index in [9.17, 15) is 9.59 Å². The van der Waals surface area contributed by atoms with Gasteiger partial charge in [0.1, 0.15) is 0 Å². The zero-order valence-corrected chi connectivity index (χ0v) is 16.8. The first-order valence-corrected chi connectivity index (χ1v) is 10.2. The van der Waals surface area contributed by atoms with Crippen molar-refractivity contribution in [2.75, 3.05) is 16.8 Å². The molecule has 3 aromatic carbocycles. The number of hydrogen-bond acceptors (Lipinski definition) is 2. The average molecular weight is 399 g/mol. The first-order valence-electron chi connectivity index (χ1n) is 10.2. The normalized spacial score (nSPS) is 12.9. The molecule has 0 spiro atoms. The summed E-state index contributed by atoms with van der Waals surface area (Å²) in [6, 6.07) is 25.6. The number of rotatable bonds is 6. The molecule has 0 fully saturated rings. The highest BCUT2D eigenvalue weighted by atomic mass is 16.2. The Hall–Kier alpha value is -3.60. The second kappa shape index (κ2) is 9.27. The predicted molar refractivity (Wildman–Crippen MR) is 120 cm³/mol. The zero-order valence-electron chi connectivity index (χ0n) is 16.8. The van der Waals surface area contributed by atoms with Crippen LogP contribution < -0.4 is 15.5 Å². The summed E-state index contributed by atoms with van der Waals surface area (Å²) in [6.45, 7) is 1.12. The van der Waals surface area contributed by atoms with Gasteiger partial charge in [0.25, 0.3) is 0 Å². The van der Waals surface area contributed by atoms with Crippen molar-refractivity contribution < 1.29 is 9.59 Å². The van der Waals surface area contributed by atoms with Crippen molar-refractivity contribution >= 4 is 23.3 Å². The molecule has 3 amide bonds. The summed E-state index contributed by atoms with van der Waals surface area (Å²) in [6.07, 6.45) is 1.95. The van der Waals surface area contributed by atoms with Crippen LogP contribution in [0.25, 0.3) is 0 Å². The number of aryl methyl sites for hydroxylation is 1. The largest absolute Gasteiger partial charge is 0.338 e. The fourth-order valence-corrected chi connectivity index (χ4v) is 3.72. The summed E-state index contributed by atoms with van der Waals surface area (Å²) in [4.78, 5) is 26.6. The second-order valence-electron chi connectivity index (χ2n) is 7.43. The molecule has 0 unspecified atom stereocenters. The number of fused-ring (bicyclic) bond motifs is 1.